The zero-order valence-corrected chi connectivity index (χ0v) is 13.1. The fraction of sp³-hybridized carbons (Fsp3) is 0.176. The van der Waals surface area contributed by atoms with Crippen molar-refractivity contribution in [3.8, 4) is 5.75 Å². The molecular formula is C17H16BrNO2. The molecule has 0 aliphatic carbocycles. The van der Waals surface area contributed by atoms with Gasteiger partial charge in [-0.1, -0.05) is 34.1 Å². The van der Waals surface area contributed by atoms with Gasteiger partial charge in [-0.3, -0.25) is 0 Å². The van der Waals surface area contributed by atoms with Gasteiger partial charge >= 0.3 is 0 Å². The van der Waals surface area contributed by atoms with Crippen molar-refractivity contribution in [2.45, 2.75) is 13.2 Å². The van der Waals surface area contributed by atoms with Crippen LogP contribution in [0.25, 0.3) is 10.9 Å². The number of rotatable bonds is 5. The van der Waals surface area contributed by atoms with Gasteiger partial charge < -0.3 is 14.4 Å². The van der Waals surface area contributed by atoms with Crippen LogP contribution in [0.5, 0.6) is 5.75 Å². The van der Waals surface area contributed by atoms with E-state index in [1.54, 1.807) is 0 Å². The van der Waals surface area contributed by atoms with E-state index < -0.39 is 0 Å². The summed E-state index contributed by atoms with van der Waals surface area (Å²) in [5, 5.41) is 10.4. The van der Waals surface area contributed by atoms with Crippen LogP contribution in [0.1, 0.15) is 5.56 Å². The fourth-order valence-corrected chi connectivity index (χ4v) is 2.72. The summed E-state index contributed by atoms with van der Waals surface area (Å²) >= 11 is 3.43. The van der Waals surface area contributed by atoms with Crippen molar-refractivity contribution in [1.29, 1.82) is 0 Å². The molecule has 21 heavy (non-hydrogen) atoms. The number of aliphatic hydroxyl groups is 1. The Morgan fingerprint density at radius 1 is 1.10 bits per heavy atom. The second-order valence-corrected chi connectivity index (χ2v) is 5.78. The zero-order chi connectivity index (χ0) is 14.7. The summed E-state index contributed by atoms with van der Waals surface area (Å²) in [6, 6.07) is 15.9. The maximum absolute atomic E-state index is 9.24. The van der Waals surface area contributed by atoms with Crippen molar-refractivity contribution in [2.75, 3.05) is 6.61 Å². The molecule has 0 atom stereocenters. The Balaban J connectivity index is 1.70. The first kappa shape index (κ1) is 14.2. The Hall–Kier alpha value is -1.78. The van der Waals surface area contributed by atoms with Crippen LogP contribution >= 0.6 is 15.9 Å². The van der Waals surface area contributed by atoms with Crippen LogP contribution in [0, 0.1) is 0 Å². The molecule has 2 aromatic carbocycles. The predicted octanol–water partition coefficient (Wildman–Crippen LogP) is 3.98. The Morgan fingerprint density at radius 2 is 2.00 bits per heavy atom. The molecule has 0 fully saturated rings. The van der Waals surface area contributed by atoms with E-state index in [0.717, 1.165) is 27.8 Å². The van der Waals surface area contributed by atoms with Crippen LogP contribution in [-0.2, 0) is 13.2 Å². The van der Waals surface area contributed by atoms with E-state index in [4.69, 9.17) is 4.74 Å². The Kier molecular flexibility index (Phi) is 4.27. The SMILES string of the molecule is OCc1ccc2ccn(CCOc3cccc(Br)c3)c2c1. The molecule has 3 aromatic rings. The van der Waals surface area contributed by atoms with Crippen molar-refractivity contribution < 1.29 is 9.84 Å². The molecule has 1 N–H and O–H groups in total. The minimum atomic E-state index is 0.0651. The third-order valence-corrected chi connectivity index (χ3v) is 3.91. The number of nitrogens with zero attached hydrogens (tertiary/aromatic N) is 1. The summed E-state index contributed by atoms with van der Waals surface area (Å²) < 4.78 is 8.92. The minimum Gasteiger partial charge on any atom is -0.492 e. The highest BCUT2D eigenvalue weighted by Gasteiger charge is 2.03. The zero-order valence-electron chi connectivity index (χ0n) is 11.5. The molecule has 0 saturated carbocycles. The van der Waals surface area contributed by atoms with E-state index in [2.05, 4.69) is 32.8 Å². The average molecular weight is 346 g/mol. The average Bonchev–Trinajstić information content (AvgIpc) is 2.90. The van der Waals surface area contributed by atoms with Gasteiger partial charge in [0.25, 0.3) is 0 Å². The summed E-state index contributed by atoms with van der Waals surface area (Å²) in [4.78, 5) is 0. The second-order valence-electron chi connectivity index (χ2n) is 4.87. The quantitative estimate of drug-likeness (QED) is 0.758. The molecular weight excluding hydrogens is 330 g/mol. The van der Waals surface area contributed by atoms with Crippen LogP contribution in [-0.4, -0.2) is 16.3 Å². The van der Waals surface area contributed by atoms with Gasteiger partial charge in [-0.15, -0.1) is 0 Å². The van der Waals surface area contributed by atoms with Crippen molar-refractivity contribution in [1.82, 2.24) is 4.57 Å². The van der Waals surface area contributed by atoms with Crippen LogP contribution in [0.15, 0.2) is 59.2 Å². The lowest BCUT2D eigenvalue weighted by Crippen LogP contribution is -2.07. The highest BCUT2D eigenvalue weighted by molar-refractivity contribution is 9.10. The van der Waals surface area contributed by atoms with Crippen molar-refractivity contribution >= 4 is 26.8 Å². The minimum absolute atomic E-state index is 0.0651. The molecule has 0 saturated heterocycles. The standard InChI is InChI=1S/C17H16BrNO2/c18-15-2-1-3-16(11-15)21-9-8-19-7-6-14-5-4-13(12-20)10-17(14)19/h1-7,10-11,20H,8-9,12H2. The molecule has 0 aliphatic rings. The molecule has 0 amide bonds. The van der Waals surface area contributed by atoms with E-state index >= 15 is 0 Å². The molecule has 4 heteroatoms. The van der Waals surface area contributed by atoms with E-state index in [-0.39, 0.29) is 6.61 Å². The topological polar surface area (TPSA) is 34.4 Å². The van der Waals surface area contributed by atoms with Crippen LogP contribution in [0.3, 0.4) is 0 Å². The number of hydrogen-bond acceptors (Lipinski definition) is 2. The maximum atomic E-state index is 9.24. The number of halogens is 1. The number of aromatic nitrogens is 1. The molecule has 0 bridgehead atoms. The third-order valence-electron chi connectivity index (χ3n) is 3.42. The van der Waals surface area contributed by atoms with Gasteiger partial charge in [0.05, 0.1) is 13.2 Å². The molecule has 3 nitrogen and oxygen atoms in total. The smallest absolute Gasteiger partial charge is 0.120 e. The summed E-state index contributed by atoms with van der Waals surface area (Å²) in [6.07, 6.45) is 2.05. The van der Waals surface area contributed by atoms with Gasteiger partial charge in [0.2, 0.25) is 0 Å². The van der Waals surface area contributed by atoms with Crippen LogP contribution in [0.4, 0.5) is 0 Å². The van der Waals surface area contributed by atoms with Gasteiger partial charge in [0.15, 0.2) is 0 Å². The van der Waals surface area contributed by atoms with Crippen LogP contribution < -0.4 is 4.74 Å². The van der Waals surface area contributed by atoms with Crippen molar-refractivity contribution in [3.05, 3.63) is 64.8 Å². The van der Waals surface area contributed by atoms with Crippen LogP contribution in [0.2, 0.25) is 0 Å². The summed E-state index contributed by atoms with van der Waals surface area (Å²) in [5.74, 6) is 0.858. The first-order valence-electron chi connectivity index (χ1n) is 6.83. The summed E-state index contributed by atoms with van der Waals surface area (Å²) in [6.45, 7) is 1.43. The van der Waals surface area contributed by atoms with Gasteiger partial charge in [0.1, 0.15) is 12.4 Å². The number of aliphatic hydroxyl groups excluding tert-OH is 1. The summed E-state index contributed by atoms with van der Waals surface area (Å²) in [7, 11) is 0. The highest BCUT2D eigenvalue weighted by Crippen LogP contribution is 2.19. The number of fused-ring (bicyclic) bond motifs is 1. The molecule has 108 valence electrons. The molecule has 0 unspecified atom stereocenters. The number of hydrogen-bond donors (Lipinski definition) is 1. The van der Waals surface area contributed by atoms with Crippen molar-refractivity contribution in [2.24, 2.45) is 0 Å². The molecule has 0 spiro atoms. The normalized spacial score (nSPS) is 11.0. The third kappa shape index (κ3) is 3.28. The Bertz CT molecular complexity index is 751. The van der Waals surface area contributed by atoms with Gasteiger partial charge in [-0.2, -0.15) is 0 Å². The fourth-order valence-electron chi connectivity index (χ4n) is 2.34. The van der Waals surface area contributed by atoms with E-state index in [0.29, 0.717) is 6.61 Å². The van der Waals surface area contributed by atoms with Gasteiger partial charge in [-0.05, 0) is 41.3 Å². The lowest BCUT2D eigenvalue weighted by atomic mass is 10.2. The predicted molar refractivity (Wildman–Crippen MR) is 87.5 cm³/mol. The number of ether oxygens (including phenoxy) is 1. The lowest BCUT2D eigenvalue weighted by molar-refractivity contribution is 0.282. The molecule has 1 aromatic heterocycles. The molecule has 0 radical (unpaired) electrons. The monoisotopic (exact) mass is 345 g/mol. The Morgan fingerprint density at radius 3 is 2.81 bits per heavy atom. The van der Waals surface area contributed by atoms with E-state index in [1.165, 1.54) is 5.39 Å². The first-order chi connectivity index (χ1) is 10.3. The van der Waals surface area contributed by atoms with E-state index in [9.17, 15) is 5.11 Å². The molecule has 1 heterocycles. The van der Waals surface area contributed by atoms with Gasteiger partial charge in [-0.25, -0.2) is 0 Å². The highest BCUT2D eigenvalue weighted by atomic mass is 79.9. The van der Waals surface area contributed by atoms with E-state index in [1.807, 2.05) is 42.5 Å². The Labute approximate surface area is 131 Å². The largest absolute Gasteiger partial charge is 0.492 e. The second kappa shape index (κ2) is 6.33. The lowest BCUT2D eigenvalue weighted by Gasteiger charge is -2.09. The first-order valence-corrected chi connectivity index (χ1v) is 7.62. The summed E-state index contributed by atoms with van der Waals surface area (Å²) in [5.41, 5.74) is 2.05. The van der Waals surface area contributed by atoms with Gasteiger partial charge in [0, 0.05) is 16.2 Å². The number of benzene rings is 2. The van der Waals surface area contributed by atoms with Crippen molar-refractivity contribution in [3.63, 3.8) is 0 Å². The molecule has 3 rings (SSSR count). The maximum Gasteiger partial charge on any atom is 0.120 e. The molecule has 0 aliphatic heterocycles.